The Morgan fingerprint density at radius 2 is 2.29 bits per heavy atom. The molecule has 0 aromatic carbocycles. The number of carbonyl (C=O) groups excluding carboxylic acids is 2. The summed E-state index contributed by atoms with van der Waals surface area (Å²) in [7, 11) is 1.17. The predicted octanol–water partition coefficient (Wildman–Crippen LogP) is -0.401. The van der Waals surface area contributed by atoms with E-state index in [4.69, 9.17) is 5.26 Å². The Bertz CT molecular complexity index is 292. The molecule has 0 saturated carbocycles. The Morgan fingerprint density at radius 3 is 2.71 bits per heavy atom. The minimum atomic E-state index is -0.996. The molecule has 2 amide bonds. The first-order valence-electron chi connectivity index (χ1n) is 3.44. The van der Waals surface area contributed by atoms with Crippen LogP contribution in [0.5, 0.6) is 0 Å². The van der Waals surface area contributed by atoms with Crippen LogP contribution in [0.3, 0.4) is 0 Å². The van der Waals surface area contributed by atoms with E-state index in [1.54, 1.807) is 5.32 Å². The molecule has 0 heterocycles. The molecule has 0 bridgehead atoms. The Morgan fingerprint density at radius 1 is 1.64 bits per heavy atom. The molecule has 0 spiro atoms. The lowest BCUT2D eigenvalue weighted by atomic mass is 10.4. The van der Waals surface area contributed by atoms with E-state index in [0.29, 0.717) is 0 Å². The number of nitrogens with zero attached hydrogens (tertiary/aromatic N) is 2. The molecule has 0 atom stereocenters. The van der Waals surface area contributed by atoms with Crippen LogP contribution < -0.4 is 5.32 Å². The minimum absolute atomic E-state index is 0.123. The fraction of sp³-hybridized carbons (Fsp3) is 0.286. The number of nitrogens with one attached hydrogen (secondary N) is 1. The Balaban J connectivity index is 4.27. The Hall–Kier alpha value is -2.10. The quantitative estimate of drug-likeness (QED) is 0.491. The standard InChI is InChI=1S/C7H8N3O4/c1-3-14-7(12)9-6(11)5(4-8)10-13-2/h1,3H2,2H3,(H,9,11,12). The summed E-state index contributed by atoms with van der Waals surface area (Å²) >= 11 is 0. The Kier molecular flexibility index (Phi) is 5.46. The topological polar surface area (TPSA) is 101 Å². The number of ether oxygens (including phenoxy) is 1. The lowest BCUT2D eigenvalue weighted by molar-refractivity contribution is -0.114. The summed E-state index contributed by atoms with van der Waals surface area (Å²) < 4.78 is 4.30. The minimum Gasteiger partial charge on any atom is -0.449 e. The highest BCUT2D eigenvalue weighted by atomic mass is 16.6. The van der Waals surface area contributed by atoms with Gasteiger partial charge in [-0.3, -0.25) is 10.1 Å². The van der Waals surface area contributed by atoms with Crippen molar-refractivity contribution >= 4 is 17.7 Å². The third-order valence-electron chi connectivity index (χ3n) is 0.952. The molecule has 0 rings (SSSR count). The van der Waals surface area contributed by atoms with Crippen molar-refractivity contribution in [2.75, 3.05) is 13.7 Å². The highest BCUT2D eigenvalue weighted by molar-refractivity contribution is 6.46. The molecular weight excluding hydrogens is 190 g/mol. The number of alkyl carbamates (subject to hydrolysis) is 1. The van der Waals surface area contributed by atoms with Crippen LogP contribution in [0.15, 0.2) is 5.16 Å². The van der Waals surface area contributed by atoms with Gasteiger partial charge >= 0.3 is 6.09 Å². The normalized spacial score (nSPS) is 9.93. The van der Waals surface area contributed by atoms with Crippen molar-refractivity contribution < 1.29 is 19.2 Å². The van der Waals surface area contributed by atoms with E-state index in [9.17, 15) is 9.59 Å². The van der Waals surface area contributed by atoms with Crippen LogP contribution >= 0.6 is 0 Å². The SMILES string of the molecule is [CH2]COC(=O)NC(=O)C(C#N)=NOC. The van der Waals surface area contributed by atoms with E-state index in [1.807, 2.05) is 0 Å². The highest BCUT2D eigenvalue weighted by Crippen LogP contribution is 1.82. The zero-order valence-corrected chi connectivity index (χ0v) is 7.44. The molecule has 0 aliphatic carbocycles. The predicted molar refractivity (Wildman–Crippen MR) is 44.9 cm³/mol. The second-order valence-electron chi connectivity index (χ2n) is 1.82. The van der Waals surface area contributed by atoms with Gasteiger partial charge in [-0.2, -0.15) is 5.26 Å². The van der Waals surface area contributed by atoms with Crippen LogP contribution in [0, 0.1) is 18.3 Å². The fourth-order valence-corrected chi connectivity index (χ4v) is 0.485. The van der Waals surface area contributed by atoms with Gasteiger partial charge in [0.1, 0.15) is 13.2 Å². The fourth-order valence-electron chi connectivity index (χ4n) is 0.485. The van der Waals surface area contributed by atoms with Crippen molar-refractivity contribution in [2.24, 2.45) is 5.16 Å². The van der Waals surface area contributed by atoms with Gasteiger partial charge in [-0.25, -0.2) is 4.79 Å². The van der Waals surface area contributed by atoms with Crippen molar-refractivity contribution in [1.29, 1.82) is 5.26 Å². The first-order chi connectivity index (χ1) is 6.65. The molecule has 7 nitrogen and oxygen atoms in total. The zero-order chi connectivity index (χ0) is 11.0. The zero-order valence-electron chi connectivity index (χ0n) is 7.44. The molecule has 0 unspecified atom stereocenters. The van der Waals surface area contributed by atoms with Crippen molar-refractivity contribution in [3.63, 3.8) is 0 Å². The molecule has 75 valence electrons. The highest BCUT2D eigenvalue weighted by Gasteiger charge is 2.15. The lowest BCUT2D eigenvalue weighted by Gasteiger charge is -2.01. The van der Waals surface area contributed by atoms with Gasteiger partial charge < -0.3 is 9.57 Å². The third-order valence-corrected chi connectivity index (χ3v) is 0.952. The summed E-state index contributed by atoms with van der Waals surface area (Å²) in [5.74, 6) is -0.993. The summed E-state index contributed by atoms with van der Waals surface area (Å²) in [5.41, 5.74) is -0.575. The van der Waals surface area contributed by atoms with Crippen molar-refractivity contribution in [3.8, 4) is 6.07 Å². The second-order valence-corrected chi connectivity index (χ2v) is 1.82. The number of carbonyl (C=O) groups is 2. The maximum absolute atomic E-state index is 11.0. The number of hydrogen-bond donors (Lipinski definition) is 1. The van der Waals surface area contributed by atoms with Crippen LogP contribution in [0.25, 0.3) is 0 Å². The van der Waals surface area contributed by atoms with E-state index >= 15 is 0 Å². The smallest absolute Gasteiger partial charge is 0.414 e. The summed E-state index contributed by atoms with van der Waals surface area (Å²) in [4.78, 5) is 25.9. The number of rotatable bonds is 3. The van der Waals surface area contributed by atoms with Crippen LogP contribution in [0.2, 0.25) is 0 Å². The average Bonchev–Trinajstić information content (AvgIpc) is 2.14. The van der Waals surface area contributed by atoms with Crippen LogP contribution in [0.1, 0.15) is 0 Å². The van der Waals surface area contributed by atoms with Gasteiger partial charge in [0.15, 0.2) is 0 Å². The van der Waals surface area contributed by atoms with E-state index in [2.05, 4.69) is 21.7 Å². The van der Waals surface area contributed by atoms with Gasteiger partial charge in [0.05, 0.1) is 6.61 Å². The van der Waals surface area contributed by atoms with Crippen LogP contribution in [-0.2, 0) is 14.4 Å². The summed E-state index contributed by atoms with van der Waals surface area (Å²) in [6.07, 6.45) is -0.996. The molecule has 1 radical (unpaired) electrons. The van der Waals surface area contributed by atoms with Crippen molar-refractivity contribution in [1.82, 2.24) is 5.32 Å². The number of oxime groups is 1. The first kappa shape index (κ1) is 11.9. The molecule has 7 heteroatoms. The van der Waals surface area contributed by atoms with E-state index in [1.165, 1.54) is 13.2 Å². The largest absolute Gasteiger partial charge is 0.449 e. The number of hydrogen-bond acceptors (Lipinski definition) is 6. The number of nitriles is 1. The molecule has 14 heavy (non-hydrogen) atoms. The molecule has 0 aromatic heterocycles. The van der Waals surface area contributed by atoms with Gasteiger partial charge in [0, 0.05) is 0 Å². The van der Waals surface area contributed by atoms with Crippen molar-refractivity contribution in [2.45, 2.75) is 0 Å². The molecule has 0 aliphatic heterocycles. The van der Waals surface area contributed by atoms with Crippen LogP contribution in [0.4, 0.5) is 4.79 Å². The van der Waals surface area contributed by atoms with Gasteiger partial charge in [0.25, 0.3) is 5.91 Å². The van der Waals surface area contributed by atoms with E-state index in [-0.39, 0.29) is 6.61 Å². The molecule has 0 fully saturated rings. The van der Waals surface area contributed by atoms with Gasteiger partial charge in [-0.1, -0.05) is 5.16 Å². The van der Waals surface area contributed by atoms with Gasteiger partial charge in [-0.05, 0) is 6.92 Å². The molecule has 1 N–H and O–H groups in total. The van der Waals surface area contributed by atoms with Gasteiger partial charge in [0.2, 0.25) is 5.71 Å². The van der Waals surface area contributed by atoms with Crippen molar-refractivity contribution in [3.05, 3.63) is 6.92 Å². The Labute approximate surface area is 80.3 Å². The second kappa shape index (κ2) is 6.42. The maximum Gasteiger partial charge on any atom is 0.414 e. The molecule has 0 aromatic rings. The van der Waals surface area contributed by atoms with E-state index < -0.39 is 17.7 Å². The van der Waals surface area contributed by atoms with Crippen LogP contribution in [-0.4, -0.2) is 31.4 Å². The summed E-state index contributed by atoms with van der Waals surface area (Å²) in [6.45, 7) is 3.10. The van der Waals surface area contributed by atoms with E-state index in [0.717, 1.165) is 0 Å². The summed E-state index contributed by atoms with van der Waals surface area (Å²) in [6, 6.07) is 1.44. The van der Waals surface area contributed by atoms with Gasteiger partial charge in [-0.15, -0.1) is 0 Å². The lowest BCUT2D eigenvalue weighted by Crippen LogP contribution is -2.36. The maximum atomic E-state index is 11.0. The summed E-state index contributed by atoms with van der Waals surface area (Å²) in [5, 5.41) is 13.2. The average molecular weight is 198 g/mol. The third kappa shape index (κ3) is 4.06. The monoisotopic (exact) mass is 198 g/mol. The number of amides is 2. The number of imide groups is 1. The molecule has 0 saturated heterocycles. The molecular formula is C7H8N3O4. The first-order valence-corrected chi connectivity index (χ1v) is 3.44. The molecule has 0 aliphatic rings.